The lowest BCUT2D eigenvalue weighted by molar-refractivity contribution is 0.228. The van der Waals surface area contributed by atoms with Crippen molar-refractivity contribution in [1.82, 2.24) is 9.62 Å². The van der Waals surface area contributed by atoms with Crippen LogP contribution in [0.2, 0.25) is 0 Å². The zero-order valence-electron chi connectivity index (χ0n) is 11.9. The van der Waals surface area contributed by atoms with E-state index in [1.807, 2.05) is 0 Å². The van der Waals surface area contributed by atoms with Crippen molar-refractivity contribution in [3.63, 3.8) is 0 Å². The highest BCUT2D eigenvalue weighted by Crippen LogP contribution is 2.31. The number of halogens is 2. The first-order chi connectivity index (χ1) is 9.48. The van der Waals surface area contributed by atoms with Crippen LogP contribution in [0.4, 0.5) is 4.39 Å². The molecule has 0 bridgehead atoms. The molecule has 1 aromatic rings. The average Bonchev–Trinajstić information content (AvgIpc) is 2.88. The van der Waals surface area contributed by atoms with Crippen molar-refractivity contribution in [1.29, 1.82) is 0 Å². The minimum absolute atomic E-state index is 0. The van der Waals surface area contributed by atoms with Gasteiger partial charge in [0.15, 0.2) is 0 Å². The number of nitrogens with one attached hydrogen (secondary N) is 1. The van der Waals surface area contributed by atoms with Gasteiger partial charge in [-0.05, 0) is 56.0 Å². The Bertz CT molecular complexity index is 623. The SMILES string of the molecule is Cc1ccc(F)cc1S(=O)(=O)N1CCC2CNCC2C1.Cl. The van der Waals surface area contributed by atoms with Crippen molar-refractivity contribution in [2.45, 2.75) is 18.2 Å². The molecule has 1 N–H and O–H groups in total. The van der Waals surface area contributed by atoms with Crippen LogP contribution in [0.3, 0.4) is 0 Å². The Labute approximate surface area is 131 Å². The normalized spacial score (nSPS) is 26.2. The number of rotatable bonds is 2. The Morgan fingerprint density at radius 1 is 1.29 bits per heavy atom. The van der Waals surface area contributed by atoms with Gasteiger partial charge in [0.05, 0.1) is 4.90 Å². The summed E-state index contributed by atoms with van der Waals surface area (Å²) in [5, 5.41) is 3.32. The first kappa shape index (κ1) is 16.7. The monoisotopic (exact) mass is 334 g/mol. The van der Waals surface area contributed by atoms with Crippen LogP contribution in [0.25, 0.3) is 0 Å². The summed E-state index contributed by atoms with van der Waals surface area (Å²) in [5.41, 5.74) is 0.595. The quantitative estimate of drug-likeness (QED) is 0.897. The molecule has 2 aliphatic heterocycles. The van der Waals surface area contributed by atoms with Gasteiger partial charge in [-0.1, -0.05) is 6.07 Å². The van der Waals surface area contributed by atoms with E-state index in [0.717, 1.165) is 25.6 Å². The zero-order valence-corrected chi connectivity index (χ0v) is 13.5. The molecule has 21 heavy (non-hydrogen) atoms. The molecule has 2 fully saturated rings. The summed E-state index contributed by atoms with van der Waals surface area (Å²) in [4.78, 5) is 0.0990. The molecule has 118 valence electrons. The highest BCUT2D eigenvalue weighted by Gasteiger charge is 2.38. The summed E-state index contributed by atoms with van der Waals surface area (Å²) < 4.78 is 40.3. The molecule has 0 amide bonds. The van der Waals surface area contributed by atoms with Crippen LogP contribution in [0.1, 0.15) is 12.0 Å². The van der Waals surface area contributed by atoms with E-state index in [2.05, 4.69) is 5.32 Å². The van der Waals surface area contributed by atoms with Crippen LogP contribution >= 0.6 is 12.4 Å². The fourth-order valence-corrected chi connectivity index (χ4v) is 4.96. The van der Waals surface area contributed by atoms with E-state index in [1.165, 1.54) is 16.4 Å². The Balaban J connectivity index is 0.00000161. The van der Waals surface area contributed by atoms with Crippen LogP contribution in [0, 0.1) is 24.6 Å². The summed E-state index contributed by atoms with van der Waals surface area (Å²) in [6.07, 6.45) is 0.880. The van der Waals surface area contributed by atoms with Gasteiger partial charge < -0.3 is 5.32 Å². The topological polar surface area (TPSA) is 49.4 Å². The maximum Gasteiger partial charge on any atom is 0.243 e. The van der Waals surface area contributed by atoms with Crippen LogP contribution in [-0.4, -0.2) is 38.9 Å². The van der Waals surface area contributed by atoms with Gasteiger partial charge in [0.2, 0.25) is 10.0 Å². The number of fused-ring (bicyclic) bond motifs is 1. The lowest BCUT2D eigenvalue weighted by Gasteiger charge is -2.33. The second-order valence-electron chi connectivity index (χ2n) is 5.74. The largest absolute Gasteiger partial charge is 0.316 e. The van der Waals surface area contributed by atoms with E-state index < -0.39 is 15.8 Å². The molecule has 0 radical (unpaired) electrons. The van der Waals surface area contributed by atoms with Gasteiger partial charge in [0.25, 0.3) is 0 Å². The Kier molecular flexibility index (Phi) is 4.92. The van der Waals surface area contributed by atoms with Crippen molar-refractivity contribution in [2.24, 2.45) is 11.8 Å². The molecular formula is C14H20ClFN2O2S. The Morgan fingerprint density at radius 2 is 2.00 bits per heavy atom. The molecule has 0 spiro atoms. The molecule has 4 nitrogen and oxygen atoms in total. The summed E-state index contributed by atoms with van der Waals surface area (Å²) in [7, 11) is -3.59. The van der Waals surface area contributed by atoms with Gasteiger partial charge in [-0.25, -0.2) is 12.8 Å². The summed E-state index contributed by atoms with van der Waals surface area (Å²) in [5.74, 6) is 0.453. The average molecular weight is 335 g/mol. The first-order valence-electron chi connectivity index (χ1n) is 6.95. The van der Waals surface area contributed by atoms with Crippen molar-refractivity contribution in [3.8, 4) is 0 Å². The molecular weight excluding hydrogens is 315 g/mol. The van der Waals surface area contributed by atoms with Gasteiger partial charge in [-0.15, -0.1) is 12.4 Å². The Hall–Kier alpha value is -0.690. The van der Waals surface area contributed by atoms with Crippen LogP contribution in [0.5, 0.6) is 0 Å². The highest BCUT2D eigenvalue weighted by atomic mass is 35.5. The minimum atomic E-state index is -3.59. The predicted octanol–water partition coefficient (Wildman–Crippen LogP) is 1.79. The fourth-order valence-electron chi connectivity index (χ4n) is 3.21. The highest BCUT2D eigenvalue weighted by molar-refractivity contribution is 7.89. The summed E-state index contributed by atoms with van der Waals surface area (Å²) in [6.45, 7) is 4.63. The lowest BCUT2D eigenvalue weighted by atomic mass is 9.90. The van der Waals surface area contributed by atoms with Gasteiger partial charge in [-0.2, -0.15) is 4.31 Å². The molecule has 2 aliphatic rings. The third-order valence-electron chi connectivity index (χ3n) is 4.44. The van der Waals surface area contributed by atoms with Gasteiger partial charge in [0, 0.05) is 13.1 Å². The number of nitrogens with zero attached hydrogens (tertiary/aromatic N) is 1. The van der Waals surface area contributed by atoms with E-state index in [4.69, 9.17) is 0 Å². The maximum atomic E-state index is 13.4. The lowest BCUT2D eigenvalue weighted by Crippen LogP contribution is -2.43. The van der Waals surface area contributed by atoms with Crippen LogP contribution in [0.15, 0.2) is 23.1 Å². The van der Waals surface area contributed by atoms with Crippen LogP contribution in [-0.2, 0) is 10.0 Å². The van der Waals surface area contributed by atoms with Crippen LogP contribution < -0.4 is 5.32 Å². The minimum Gasteiger partial charge on any atom is -0.316 e. The molecule has 0 aliphatic carbocycles. The molecule has 2 heterocycles. The number of hydrogen-bond donors (Lipinski definition) is 1. The molecule has 0 aromatic heterocycles. The number of hydrogen-bond acceptors (Lipinski definition) is 3. The number of benzene rings is 1. The van der Waals surface area contributed by atoms with Gasteiger partial charge >= 0.3 is 0 Å². The molecule has 0 saturated carbocycles. The third kappa shape index (κ3) is 3.08. The van der Waals surface area contributed by atoms with E-state index in [-0.39, 0.29) is 17.3 Å². The van der Waals surface area contributed by atoms with Gasteiger partial charge in [0.1, 0.15) is 5.82 Å². The second-order valence-corrected chi connectivity index (χ2v) is 7.65. The predicted molar refractivity (Wildman–Crippen MR) is 81.6 cm³/mol. The first-order valence-corrected chi connectivity index (χ1v) is 8.39. The number of aryl methyl sites for hydroxylation is 1. The Morgan fingerprint density at radius 3 is 2.76 bits per heavy atom. The molecule has 7 heteroatoms. The molecule has 2 unspecified atom stereocenters. The zero-order chi connectivity index (χ0) is 14.3. The summed E-state index contributed by atoms with van der Waals surface area (Å²) in [6, 6.07) is 3.94. The van der Waals surface area contributed by atoms with E-state index in [0.29, 0.717) is 30.5 Å². The maximum absolute atomic E-state index is 13.4. The van der Waals surface area contributed by atoms with Crippen molar-refractivity contribution < 1.29 is 12.8 Å². The van der Waals surface area contributed by atoms with Crippen molar-refractivity contribution in [2.75, 3.05) is 26.2 Å². The molecule has 2 atom stereocenters. The third-order valence-corrected chi connectivity index (χ3v) is 6.44. The standard InChI is InChI=1S/C14H19FN2O2S.ClH/c1-10-2-3-13(15)6-14(10)20(18,19)17-5-4-11-7-16-8-12(11)9-17;/h2-3,6,11-12,16H,4-5,7-9H2,1H3;1H. The second kappa shape index (κ2) is 6.20. The number of piperidine rings is 1. The van der Waals surface area contributed by atoms with Gasteiger partial charge in [-0.3, -0.25) is 0 Å². The van der Waals surface area contributed by atoms with E-state index in [9.17, 15) is 12.8 Å². The number of sulfonamides is 1. The molecule has 1 aromatic carbocycles. The van der Waals surface area contributed by atoms with E-state index in [1.54, 1.807) is 6.92 Å². The smallest absolute Gasteiger partial charge is 0.243 e. The van der Waals surface area contributed by atoms with Crippen molar-refractivity contribution >= 4 is 22.4 Å². The summed E-state index contributed by atoms with van der Waals surface area (Å²) >= 11 is 0. The fraction of sp³-hybridized carbons (Fsp3) is 0.571. The molecule has 3 rings (SSSR count). The van der Waals surface area contributed by atoms with E-state index >= 15 is 0 Å². The molecule has 2 saturated heterocycles. The van der Waals surface area contributed by atoms with Crippen molar-refractivity contribution in [3.05, 3.63) is 29.6 Å².